The molecule has 1 aliphatic carbocycles. The van der Waals surface area contributed by atoms with Gasteiger partial charge in [-0.2, -0.15) is 0 Å². The molecule has 1 aromatic carbocycles. The Hall–Kier alpha value is -1.72. The van der Waals surface area contributed by atoms with Gasteiger partial charge in [-0.15, -0.1) is 0 Å². The minimum atomic E-state index is -0.717. The van der Waals surface area contributed by atoms with Crippen LogP contribution in [0.2, 0.25) is 10.0 Å². The van der Waals surface area contributed by atoms with Crippen molar-refractivity contribution in [2.24, 2.45) is 11.3 Å². The molecule has 7 heteroatoms. The first kappa shape index (κ1) is 15.8. The van der Waals surface area contributed by atoms with Gasteiger partial charge in [0.2, 0.25) is 0 Å². The minimum absolute atomic E-state index is 0.0968. The van der Waals surface area contributed by atoms with Crippen molar-refractivity contribution in [2.45, 2.75) is 19.3 Å². The van der Waals surface area contributed by atoms with E-state index in [9.17, 15) is 9.59 Å². The smallest absolute Gasteiger partial charge is 0.307 e. The van der Waals surface area contributed by atoms with Gasteiger partial charge in [0.15, 0.2) is 0 Å². The Bertz CT molecular complexity index is 853. The van der Waals surface area contributed by atoms with E-state index >= 15 is 0 Å². The second-order valence-corrected chi connectivity index (χ2v) is 7.57. The quantitative estimate of drug-likeness (QED) is 0.848. The fourth-order valence-electron chi connectivity index (χ4n) is 3.84. The van der Waals surface area contributed by atoms with Crippen molar-refractivity contribution in [2.75, 3.05) is 13.1 Å². The van der Waals surface area contributed by atoms with Gasteiger partial charge < -0.3 is 15.0 Å². The molecule has 2 N–H and O–H groups in total. The lowest BCUT2D eigenvalue weighted by Crippen LogP contribution is -2.40. The zero-order chi connectivity index (χ0) is 17.1. The van der Waals surface area contributed by atoms with Crippen LogP contribution < -0.4 is 0 Å². The van der Waals surface area contributed by atoms with E-state index in [0.717, 1.165) is 30.2 Å². The second kappa shape index (κ2) is 5.39. The first-order valence-corrected chi connectivity index (χ1v) is 8.66. The van der Waals surface area contributed by atoms with Crippen LogP contribution in [0.15, 0.2) is 18.2 Å². The SMILES string of the molecule is O=C(O)C1CC12CCN(C(=O)c1[nH]c3ccc(Cl)cc3c1Cl)CC2. The van der Waals surface area contributed by atoms with Gasteiger partial charge in [0.1, 0.15) is 5.69 Å². The van der Waals surface area contributed by atoms with E-state index in [-0.39, 0.29) is 17.2 Å². The van der Waals surface area contributed by atoms with Crippen LogP contribution >= 0.6 is 23.2 Å². The molecular formula is C17H16Cl2N2O3. The Morgan fingerprint density at radius 1 is 1.25 bits per heavy atom. The fraction of sp³-hybridized carbons (Fsp3) is 0.412. The molecule has 24 heavy (non-hydrogen) atoms. The molecular weight excluding hydrogens is 351 g/mol. The van der Waals surface area contributed by atoms with E-state index in [1.807, 2.05) is 0 Å². The molecule has 4 rings (SSSR count). The highest BCUT2D eigenvalue weighted by atomic mass is 35.5. The van der Waals surface area contributed by atoms with Gasteiger partial charge in [0, 0.05) is 29.0 Å². The monoisotopic (exact) mass is 366 g/mol. The van der Waals surface area contributed by atoms with E-state index < -0.39 is 5.97 Å². The number of nitrogens with zero attached hydrogens (tertiary/aromatic N) is 1. The number of carboxylic acid groups (broad SMARTS) is 1. The molecule has 1 saturated carbocycles. The van der Waals surface area contributed by atoms with E-state index in [1.54, 1.807) is 23.1 Å². The Balaban J connectivity index is 1.53. The number of aliphatic carboxylic acids is 1. The minimum Gasteiger partial charge on any atom is -0.481 e. The molecule has 0 radical (unpaired) electrons. The van der Waals surface area contributed by atoms with Gasteiger partial charge in [0.25, 0.3) is 5.91 Å². The van der Waals surface area contributed by atoms with E-state index in [1.165, 1.54) is 0 Å². The third-order valence-electron chi connectivity index (χ3n) is 5.45. The highest BCUT2D eigenvalue weighted by molar-refractivity contribution is 6.39. The number of piperidine rings is 1. The highest BCUT2D eigenvalue weighted by Crippen LogP contribution is 2.59. The largest absolute Gasteiger partial charge is 0.481 e. The van der Waals surface area contributed by atoms with Gasteiger partial charge in [-0.3, -0.25) is 9.59 Å². The normalized spacial score (nSPS) is 22.1. The summed E-state index contributed by atoms with van der Waals surface area (Å²) in [7, 11) is 0. The number of nitrogens with one attached hydrogen (secondary N) is 1. The molecule has 1 amide bonds. The summed E-state index contributed by atoms with van der Waals surface area (Å²) in [4.78, 5) is 28.7. The molecule has 2 aliphatic rings. The van der Waals surface area contributed by atoms with Gasteiger partial charge in [0.05, 0.1) is 10.9 Å². The maximum Gasteiger partial charge on any atom is 0.307 e. The van der Waals surface area contributed by atoms with E-state index in [0.29, 0.717) is 28.8 Å². The number of aromatic amines is 1. The molecule has 0 bridgehead atoms. The Morgan fingerprint density at radius 2 is 1.96 bits per heavy atom. The number of amides is 1. The van der Waals surface area contributed by atoms with Crippen LogP contribution in [0.1, 0.15) is 29.8 Å². The number of hydrogen-bond acceptors (Lipinski definition) is 2. The van der Waals surface area contributed by atoms with Crippen molar-refractivity contribution in [3.05, 3.63) is 33.9 Å². The molecule has 1 spiro atoms. The molecule has 1 aliphatic heterocycles. The lowest BCUT2D eigenvalue weighted by atomic mass is 9.90. The van der Waals surface area contributed by atoms with Crippen LogP contribution in [-0.2, 0) is 4.79 Å². The lowest BCUT2D eigenvalue weighted by Gasteiger charge is -2.32. The molecule has 2 heterocycles. The van der Waals surface area contributed by atoms with E-state index in [4.69, 9.17) is 28.3 Å². The number of aromatic nitrogens is 1. The summed E-state index contributed by atoms with van der Waals surface area (Å²) in [5.74, 6) is -1.10. The van der Waals surface area contributed by atoms with Crippen molar-refractivity contribution >= 4 is 46.0 Å². The van der Waals surface area contributed by atoms with Crippen LogP contribution in [0, 0.1) is 11.3 Å². The molecule has 126 valence electrons. The molecule has 1 aromatic heterocycles. The summed E-state index contributed by atoms with van der Waals surface area (Å²) in [6.07, 6.45) is 2.20. The standard InChI is InChI=1S/C17H16Cl2N2O3/c18-9-1-2-12-10(7-9)13(19)14(20-12)15(22)21-5-3-17(4-6-21)8-11(17)16(23)24/h1-2,7,11,20H,3-6,8H2,(H,23,24). The van der Waals surface area contributed by atoms with Crippen molar-refractivity contribution < 1.29 is 14.7 Å². The molecule has 2 aromatic rings. The number of carbonyl (C=O) groups excluding carboxylic acids is 1. The van der Waals surface area contributed by atoms with Crippen LogP contribution in [0.4, 0.5) is 0 Å². The summed E-state index contributed by atoms with van der Waals surface area (Å²) in [6.45, 7) is 1.13. The lowest BCUT2D eigenvalue weighted by molar-refractivity contribution is -0.139. The number of fused-ring (bicyclic) bond motifs is 1. The average molecular weight is 367 g/mol. The third-order valence-corrected chi connectivity index (χ3v) is 6.07. The van der Waals surface area contributed by atoms with Gasteiger partial charge in [-0.1, -0.05) is 23.2 Å². The number of carbonyl (C=O) groups is 2. The van der Waals surface area contributed by atoms with Gasteiger partial charge >= 0.3 is 5.97 Å². The van der Waals surface area contributed by atoms with Crippen LogP contribution in [-0.4, -0.2) is 40.0 Å². The number of rotatable bonds is 2. The number of hydrogen-bond donors (Lipinski definition) is 2. The summed E-state index contributed by atoms with van der Waals surface area (Å²) >= 11 is 12.4. The first-order valence-electron chi connectivity index (χ1n) is 7.90. The second-order valence-electron chi connectivity index (χ2n) is 6.75. The number of H-pyrrole nitrogens is 1. The first-order chi connectivity index (χ1) is 11.4. The average Bonchev–Trinajstić information content (AvgIpc) is 3.17. The zero-order valence-corrected chi connectivity index (χ0v) is 14.3. The Kier molecular flexibility index (Phi) is 3.55. The maximum atomic E-state index is 12.8. The molecule has 1 saturated heterocycles. The van der Waals surface area contributed by atoms with Crippen molar-refractivity contribution in [3.8, 4) is 0 Å². The van der Waals surface area contributed by atoms with Crippen molar-refractivity contribution in [1.29, 1.82) is 0 Å². The fourth-order valence-corrected chi connectivity index (χ4v) is 4.30. The topological polar surface area (TPSA) is 73.4 Å². The molecule has 1 unspecified atom stereocenters. The van der Waals surface area contributed by atoms with Crippen LogP contribution in [0.25, 0.3) is 10.9 Å². The Morgan fingerprint density at radius 3 is 2.58 bits per heavy atom. The van der Waals surface area contributed by atoms with E-state index in [2.05, 4.69) is 4.98 Å². The third kappa shape index (κ3) is 2.38. The zero-order valence-electron chi connectivity index (χ0n) is 12.8. The Labute approximate surface area is 148 Å². The van der Waals surface area contributed by atoms with Gasteiger partial charge in [-0.05, 0) is 42.9 Å². The molecule has 1 atom stereocenters. The summed E-state index contributed by atoms with van der Waals surface area (Å²) in [5.41, 5.74) is 1.05. The van der Waals surface area contributed by atoms with Crippen molar-refractivity contribution in [3.63, 3.8) is 0 Å². The molecule has 5 nitrogen and oxygen atoms in total. The maximum absolute atomic E-state index is 12.8. The summed E-state index contributed by atoms with van der Waals surface area (Å²) in [5, 5.41) is 10.8. The van der Waals surface area contributed by atoms with Crippen LogP contribution in [0.3, 0.4) is 0 Å². The number of halogens is 2. The number of likely N-dealkylation sites (tertiary alicyclic amines) is 1. The van der Waals surface area contributed by atoms with Crippen molar-refractivity contribution in [1.82, 2.24) is 9.88 Å². The summed E-state index contributed by atoms with van der Waals surface area (Å²) < 4.78 is 0. The highest BCUT2D eigenvalue weighted by Gasteiger charge is 2.59. The number of benzene rings is 1. The number of carboxylic acids is 1. The predicted molar refractivity (Wildman–Crippen MR) is 91.6 cm³/mol. The van der Waals surface area contributed by atoms with Crippen LogP contribution in [0.5, 0.6) is 0 Å². The molecule has 2 fully saturated rings. The summed E-state index contributed by atoms with van der Waals surface area (Å²) in [6, 6.07) is 5.28. The predicted octanol–water partition coefficient (Wildman–Crippen LogP) is 3.80. The van der Waals surface area contributed by atoms with Gasteiger partial charge in [-0.25, -0.2) is 0 Å².